The van der Waals surface area contributed by atoms with Gasteiger partial charge < -0.3 is 9.47 Å². The molecule has 28 heavy (non-hydrogen) atoms. The minimum Gasteiger partial charge on any atom is -0.459 e. The number of carbonyl (C=O) groups is 1. The summed E-state index contributed by atoms with van der Waals surface area (Å²) in [5.41, 5.74) is -0.564. The molecule has 0 radical (unpaired) electrons. The maximum absolute atomic E-state index is 12.2. The van der Waals surface area contributed by atoms with Crippen molar-refractivity contribution in [3.8, 4) is 0 Å². The number of hydrogen-bond acceptors (Lipinski definition) is 8. The maximum atomic E-state index is 12.2. The molecule has 0 saturated carbocycles. The molecule has 1 aromatic heterocycles. The third-order valence-electron chi connectivity index (χ3n) is 4.47. The van der Waals surface area contributed by atoms with Gasteiger partial charge in [-0.3, -0.25) is 22.7 Å². The van der Waals surface area contributed by atoms with Crippen LogP contribution in [0.1, 0.15) is 22.1 Å². The van der Waals surface area contributed by atoms with Crippen LogP contribution in [-0.2, 0) is 29.2 Å². The lowest BCUT2D eigenvalue weighted by Gasteiger charge is -2.18. The van der Waals surface area contributed by atoms with Gasteiger partial charge in [0.2, 0.25) is 0 Å². The first-order chi connectivity index (χ1) is 13.4. The third kappa shape index (κ3) is 3.44. The van der Waals surface area contributed by atoms with Gasteiger partial charge in [-0.05, 0) is 19.1 Å². The summed E-state index contributed by atoms with van der Waals surface area (Å²) in [5.74, 6) is -0.554. The van der Waals surface area contributed by atoms with Crippen molar-refractivity contribution in [1.29, 1.82) is 0 Å². The Balaban J connectivity index is 1.54. The standard InChI is InChI=1S/C17H16N2O8S/c1-9-7-19(17(22)18-14(9)20)15-13-12(26-28(23)27-13)11(25-15)8-24-16(21)10-5-3-2-4-6-10/h2-7,11-13,15H,8H2,1H3,(H,18,20,22)/t11-,12-,13-,15-,28+/m1/s1. The zero-order valence-electron chi connectivity index (χ0n) is 14.6. The molecule has 4 rings (SSSR count). The van der Waals surface area contributed by atoms with Gasteiger partial charge in [-0.25, -0.2) is 9.59 Å². The molecule has 0 bridgehead atoms. The van der Waals surface area contributed by atoms with E-state index in [1.54, 1.807) is 30.3 Å². The molecular formula is C17H16N2O8S. The minimum absolute atomic E-state index is 0.191. The predicted octanol–water partition coefficient (Wildman–Crippen LogP) is -0.0379. The molecule has 5 atom stereocenters. The SMILES string of the molecule is Cc1cn([C@@H]2O[C@H](COC(=O)c3ccccc3)[C@H]3O[S@](=O)O[C@H]32)c(=O)[nH]c1=O. The van der Waals surface area contributed by atoms with Gasteiger partial charge >= 0.3 is 23.0 Å². The van der Waals surface area contributed by atoms with Crippen LogP contribution in [-0.4, -0.2) is 44.6 Å². The number of aromatic nitrogens is 2. The monoisotopic (exact) mass is 408 g/mol. The first-order valence-corrected chi connectivity index (χ1v) is 9.40. The van der Waals surface area contributed by atoms with Gasteiger partial charge in [0.15, 0.2) is 12.3 Å². The lowest BCUT2D eigenvalue weighted by Crippen LogP contribution is -2.37. The average Bonchev–Trinajstić information content (AvgIpc) is 3.21. The van der Waals surface area contributed by atoms with Gasteiger partial charge in [0.05, 0.1) is 5.56 Å². The Morgan fingerprint density at radius 1 is 1.21 bits per heavy atom. The highest BCUT2D eigenvalue weighted by atomic mass is 32.2. The number of H-pyrrole nitrogens is 1. The molecule has 2 saturated heterocycles. The molecule has 2 aliphatic rings. The molecule has 0 aliphatic carbocycles. The van der Waals surface area contributed by atoms with E-state index in [2.05, 4.69) is 4.98 Å². The molecule has 148 valence electrons. The Morgan fingerprint density at radius 3 is 2.68 bits per heavy atom. The normalized spacial score (nSPS) is 28.8. The van der Waals surface area contributed by atoms with Crippen molar-refractivity contribution < 1.29 is 26.8 Å². The fraction of sp³-hybridized carbons (Fsp3) is 0.353. The van der Waals surface area contributed by atoms with Crippen molar-refractivity contribution in [2.24, 2.45) is 0 Å². The van der Waals surface area contributed by atoms with E-state index in [1.165, 1.54) is 13.1 Å². The van der Waals surface area contributed by atoms with E-state index in [4.69, 9.17) is 17.8 Å². The van der Waals surface area contributed by atoms with E-state index >= 15 is 0 Å². The zero-order chi connectivity index (χ0) is 19.8. The first kappa shape index (κ1) is 18.7. The third-order valence-corrected chi connectivity index (χ3v) is 5.23. The number of carbonyl (C=O) groups excluding carboxylic acids is 1. The van der Waals surface area contributed by atoms with E-state index in [1.807, 2.05) is 0 Å². The zero-order valence-corrected chi connectivity index (χ0v) is 15.4. The Hall–Kier alpha value is -2.60. The minimum atomic E-state index is -2.02. The number of ether oxygens (including phenoxy) is 2. The van der Waals surface area contributed by atoms with Gasteiger partial charge in [-0.15, -0.1) is 0 Å². The van der Waals surface area contributed by atoms with Crippen LogP contribution < -0.4 is 11.2 Å². The first-order valence-electron chi connectivity index (χ1n) is 8.40. The molecule has 2 fully saturated rings. The van der Waals surface area contributed by atoms with Crippen LogP contribution in [0.5, 0.6) is 0 Å². The summed E-state index contributed by atoms with van der Waals surface area (Å²) in [6.45, 7) is 1.34. The Morgan fingerprint density at radius 2 is 1.93 bits per heavy atom. The van der Waals surface area contributed by atoms with Crippen molar-refractivity contribution in [2.75, 3.05) is 6.61 Å². The van der Waals surface area contributed by atoms with Gasteiger partial charge in [-0.2, -0.15) is 4.21 Å². The second kappa shape index (κ2) is 7.43. The van der Waals surface area contributed by atoms with Gasteiger partial charge in [0.25, 0.3) is 5.56 Å². The molecule has 2 aromatic rings. The van der Waals surface area contributed by atoms with Gasteiger partial charge in [-0.1, -0.05) is 18.2 Å². The Kier molecular flexibility index (Phi) is 4.98. The van der Waals surface area contributed by atoms with Crippen LogP contribution in [0, 0.1) is 6.92 Å². The number of nitrogens with one attached hydrogen (secondary N) is 1. The van der Waals surface area contributed by atoms with Crippen LogP contribution in [0.3, 0.4) is 0 Å². The van der Waals surface area contributed by atoms with Crippen LogP contribution in [0.2, 0.25) is 0 Å². The lowest BCUT2D eigenvalue weighted by atomic mass is 10.1. The fourth-order valence-electron chi connectivity index (χ4n) is 3.08. The molecule has 3 heterocycles. The van der Waals surface area contributed by atoms with Crippen molar-refractivity contribution in [1.82, 2.24) is 9.55 Å². The largest absolute Gasteiger partial charge is 0.459 e. The quantitative estimate of drug-likeness (QED) is 0.699. The Labute approximate surface area is 160 Å². The molecule has 0 unspecified atom stereocenters. The van der Waals surface area contributed by atoms with Crippen molar-refractivity contribution in [3.05, 3.63) is 68.5 Å². The lowest BCUT2D eigenvalue weighted by molar-refractivity contribution is -0.0613. The van der Waals surface area contributed by atoms with Gasteiger partial charge in [0.1, 0.15) is 18.8 Å². The Bertz CT molecular complexity index is 1030. The summed E-state index contributed by atoms with van der Waals surface area (Å²) in [4.78, 5) is 38.1. The molecule has 10 nitrogen and oxygen atoms in total. The molecule has 11 heteroatoms. The van der Waals surface area contributed by atoms with E-state index in [9.17, 15) is 18.6 Å². The highest BCUT2D eigenvalue weighted by Crippen LogP contribution is 2.38. The summed E-state index contributed by atoms with van der Waals surface area (Å²) in [7, 11) is 0. The van der Waals surface area contributed by atoms with Crippen LogP contribution in [0.15, 0.2) is 46.1 Å². The predicted molar refractivity (Wildman–Crippen MR) is 94.6 cm³/mol. The summed E-state index contributed by atoms with van der Waals surface area (Å²) in [6.07, 6.45) is -2.17. The number of rotatable bonds is 4. The number of aryl methyl sites for hydroxylation is 1. The highest BCUT2D eigenvalue weighted by Gasteiger charge is 2.54. The summed E-state index contributed by atoms with van der Waals surface area (Å²) in [6, 6.07) is 8.40. The van der Waals surface area contributed by atoms with Gasteiger partial charge in [0, 0.05) is 11.8 Å². The van der Waals surface area contributed by atoms with Crippen LogP contribution in [0.25, 0.3) is 0 Å². The van der Waals surface area contributed by atoms with E-state index in [0.717, 1.165) is 4.57 Å². The second-order valence-corrected chi connectivity index (χ2v) is 7.13. The molecule has 0 amide bonds. The number of hydrogen-bond donors (Lipinski definition) is 1. The molecule has 0 spiro atoms. The highest BCUT2D eigenvalue weighted by molar-refractivity contribution is 7.75. The number of esters is 1. The molecular weight excluding hydrogens is 392 g/mol. The second-order valence-electron chi connectivity index (χ2n) is 6.33. The number of nitrogens with zero attached hydrogens (tertiary/aromatic N) is 1. The topological polar surface area (TPSA) is 126 Å². The van der Waals surface area contributed by atoms with Crippen LogP contribution >= 0.6 is 0 Å². The summed E-state index contributed by atoms with van der Waals surface area (Å²) < 4.78 is 34.4. The molecule has 1 N–H and O–H groups in total. The number of benzene rings is 1. The van der Waals surface area contributed by atoms with Crippen molar-refractivity contribution in [3.63, 3.8) is 0 Å². The maximum Gasteiger partial charge on any atom is 0.338 e. The van der Waals surface area contributed by atoms with Crippen LogP contribution in [0.4, 0.5) is 0 Å². The van der Waals surface area contributed by atoms with E-state index in [-0.39, 0.29) is 6.61 Å². The average molecular weight is 408 g/mol. The summed E-state index contributed by atoms with van der Waals surface area (Å²) >= 11 is -2.02. The molecule has 2 aliphatic heterocycles. The van der Waals surface area contributed by atoms with E-state index < -0.39 is 53.1 Å². The van der Waals surface area contributed by atoms with Crippen molar-refractivity contribution in [2.45, 2.75) is 31.5 Å². The fourth-order valence-corrected chi connectivity index (χ4v) is 3.93. The van der Waals surface area contributed by atoms with Crippen molar-refractivity contribution >= 4 is 17.3 Å². The van der Waals surface area contributed by atoms with E-state index in [0.29, 0.717) is 11.1 Å². The number of aromatic amines is 1. The molecule has 1 aromatic carbocycles. The summed E-state index contributed by atoms with van der Waals surface area (Å²) in [5, 5.41) is 0. The number of fused-ring (bicyclic) bond motifs is 1. The smallest absolute Gasteiger partial charge is 0.338 e.